The number of aliphatic carboxylic acids is 1. The minimum atomic E-state index is -4.38. The molecule has 1 unspecified atom stereocenters. The Morgan fingerprint density at radius 3 is 2.52 bits per heavy atom. The summed E-state index contributed by atoms with van der Waals surface area (Å²) in [4.78, 5) is 37.9. The Morgan fingerprint density at radius 2 is 1.88 bits per heavy atom. The number of aromatic nitrogens is 1. The monoisotopic (exact) mass is 715 g/mol. The molecule has 18 heteroatoms. The van der Waals surface area contributed by atoms with Crippen molar-refractivity contribution < 1.29 is 61.1 Å². The minimum absolute atomic E-state index is 0.0348. The zero-order chi connectivity index (χ0) is 35.1. The highest BCUT2D eigenvalue weighted by Gasteiger charge is 2.44. The molecule has 2 fully saturated rings. The van der Waals surface area contributed by atoms with Crippen molar-refractivity contribution in [3.05, 3.63) is 54.4 Å². The highest BCUT2D eigenvalue weighted by Crippen LogP contribution is 2.43. The number of aliphatic hydroxyl groups excluding tert-OH is 1. The third kappa shape index (κ3) is 10.4. The van der Waals surface area contributed by atoms with Gasteiger partial charge < -0.3 is 39.4 Å². The van der Waals surface area contributed by atoms with Crippen molar-refractivity contribution in [1.29, 1.82) is 0 Å². The molecule has 0 bridgehead atoms. The van der Waals surface area contributed by atoms with Gasteiger partial charge in [-0.1, -0.05) is 26.0 Å². The molecule has 4 rings (SSSR count). The Kier molecular flexibility index (Phi) is 12.9. The number of hydrogen-bond acceptors (Lipinski definition) is 12. The van der Waals surface area contributed by atoms with Gasteiger partial charge in [0.25, 0.3) is 0 Å². The first-order valence-corrected chi connectivity index (χ1v) is 18.6. The van der Waals surface area contributed by atoms with Crippen LogP contribution < -0.4 is 10.1 Å². The molecule has 0 radical (unpaired) electrons. The van der Waals surface area contributed by atoms with Crippen LogP contribution in [0.25, 0.3) is 0 Å². The smallest absolute Gasteiger partial charge is 0.407 e. The highest BCUT2D eigenvalue weighted by atomic mass is 32.2. The van der Waals surface area contributed by atoms with E-state index in [1.807, 2.05) is 13.8 Å². The Hall–Kier alpha value is -3.15. The predicted molar refractivity (Wildman–Crippen MR) is 168 cm³/mol. The van der Waals surface area contributed by atoms with Crippen molar-refractivity contribution in [2.75, 3.05) is 32.7 Å². The topological polar surface area (TPSA) is 220 Å². The summed E-state index contributed by atoms with van der Waals surface area (Å²) in [6.45, 7) is 5.17. The van der Waals surface area contributed by atoms with Crippen LogP contribution in [0.4, 0.5) is 4.79 Å². The maximum absolute atomic E-state index is 13.6. The van der Waals surface area contributed by atoms with E-state index >= 15 is 0 Å². The van der Waals surface area contributed by atoms with Crippen LogP contribution in [0.1, 0.15) is 32.8 Å². The summed E-state index contributed by atoms with van der Waals surface area (Å²) in [5.41, 5.74) is 0.591. The second kappa shape index (κ2) is 16.5. The van der Waals surface area contributed by atoms with Crippen LogP contribution in [0, 0.1) is 11.8 Å². The molecule has 1 amide bonds. The van der Waals surface area contributed by atoms with E-state index in [0.29, 0.717) is 18.6 Å². The Bertz CT molecular complexity index is 1530. The number of carboxylic acids is 1. The van der Waals surface area contributed by atoms with Gasteiger partial charge in [-0.15, -0.1) is 0 Å². The lowest BCUT2D eigenvalue weighted by atomic mass is 10.0. The van der Waals surface area contributed by atoms with Gasteiger partial charge in [0, 0.05) is 25.5 Å². The molecule has 0 aliphatic carbocycles. The van der Waals surface area contributed by atoms with E-state index < -0.39 is 66.7 Å². The number of amides is 1. The molecule has 0 spiro atoms. The number of carbonyl (C=O) groups excluding carboxylic acids is 1. The maximum atomic E-state index is 13.6. The molecule has 2 saturated heterocycles. The predicted octanol–water partition coefficient (Wildman–Crippen LogP) is 2.20. The van der Waals surface area contributed by atoms with Crippen molar-refractivity contribution in [3.63, 3.8) is 0 Å². The molecule has 1 aromatic carbocycles. The number of alkyl carbamates (subject to hydrolysis) is 1. The van der Waals surface area contributed by atoms with Crippen LogP contribution in [0.5, 0.6) is 5.75 Å². The standard InChI is InChI=1S/C30H42N3O13PS/c1-19(2)15-33(48(40,41)23-5-4-11-31-14-23)16-26(34)25(32-30(37)45-27-17-43-29-24(27)10-12-42-29)13-21-6-8-22(9-7-21)44-18-47(38,39)46-20(3)28(35)36/h4-9,11,14,19-20,24-27,29,34H,10,12-13,15-18H2,1-3H3,(H,32,37)(H,35,36)(H,38,39)/t20-,24-,25-,26+,27-,29+/m0/s1. The second-order valence-corrected chi connectivity index (χ2v) is 15.7. The van der Waals surface area contributed by atoms with E-state index in [-0.39, 0.29) is 48.6 Å². The third-order valence-corrected chi connectivity index (χ3v) is 10.6. The van der Waals surface area contributed by atoms with Crippen LogP contribution in [0.15, 0.2) is 53.7 Å². The van der Waals surface area contributed by atoms with Crippen molar-refractivity contribution >= 4 is 29.7 Å². The van der Waals surface area contributed by atoms with Crippen molar-refractivity contribution in [1.82, 2.24) is 14.6 Å². The molecule has 4 N–H and O–H groups in total. The first-order valence-electron chi connectivity index (χ1n) is 15.4. The van der Waals surface area contributed by atoms with Crippen LogP contribution in [-0.4, -0.2) is 108 Å². The number of nitrogens with zero attached hydrogens (tertiary/aromatic N) is 2. The SMILES string of the molecule is CC(C)CN(C[C@@H](O)[C@H](Cc1ccc(OCP(=O)(O)O[C@@H](C)C(=O)O)cc1)NC(=O)O[C@H]1CO[C@H]2OCC[C@H]21)S(=O)(=O)c1cccnc1. The molecule has 0 saturated carbocycles. The zero-order valence-corrected chi connectivity index (χ0v) is 28.5. The molecule has 1 aromatic heterocycles. The Labute approximate surface area is 278 Å². The van der Waals surface area contributed by atoms with Gasteiger partial charge in [0.15, 0.2) is 18.7 Å². The molecule has 2 aromatic rings. The number of fused-ring (bicyclic) bond motifs is 1. The number of nitrogens with one attached hydrogen (secondary N) is 1. The normalized spacial score (nSPS) is 22.4. The minimum Gasteiger partial charge on any atom is -0.481 e. The fourth-order valence-electron chi connectivity index (χ4n) is 5.27. The van der Waals surface area contributed by atoms with E-state index in [2.05, 4.69) is 14.8 Å². The maximum Gasteiger partial charge on any atom is 0.407 e. The first-order chi connectivity index (χ1) is 22.6. The van der Waals surface area contributed by atoms with E-state index in [9.17, 15) is 32.6 Å². The van der Waals surface area contributed by atoms with Crippen molar-refractivity contribution in [2.24, 2.45) is 11.8 Å². The van der Waals surface area contributed by atoms with Gasteiger partial charge in [-0.05, 0) is 55.5 Å². The lowest BCUT2D eigenvalue weighted by Gasteiger charge is -2.31. The Balaban J connectivity index is 1.49. The van der Waals surface area contributed by atoms with Crippen molar-refractivity contribution in [3.8, 4) is 5.75 Å². The Morgan fingerprint density at radius 1 is 1.15 bits per heavy atom. The number of benzene rings is 1. The summed E-state index contributed by atoms with van der Waals surface area (Å²) in [5.74, 6) is -1.45. The lowest BCUT2D eigenvalue weighted by molar-refractivity contribution is -0.144. The van der Waals surface area contributed by atoms with Crippen LogP contribution >= 0.6 is 7.60 Å². The molecule has 3 heterocycles. The summed E-state index contributed by atoms with van der Waals surface area (Å²) in [5, 5.41) is 23.1. The number of aliphatic hydroxyl groups is 1. The fourth-order valence-corrected chi connectivity index (χ4v) is 7.81. The van der Waals surface area contributed by atoms with Gasteiger partial charge in [-0.25, -0.2) is 18.0 Å². The number of ether oxygens (including phenoxy) is 4. The van der Waals surface area contributed by atoms with E-state index in [0.717, 1.165) is 11.2 Å². The van der Waals surface area contributed by atoms with Gasteiger partial charge in [0.1, 0.15) is 16.7 Å². The van der Waals surface area contributed by atoms with Crippen molar-refractivity contribution in [2.45, 2.75) is 69.2 Å². The molecule has 16 nitrogen and oxygen atoms in total. The third-order valence-electron chi connectivity index (χ3n) is 7.69. The van der Waals surface area contributed by atoms with Crippen LogP contribution in [0.2, 0.25) is 0 Å². The van der Waals surface area contributed by atoms with E-state index in [1.54, 1.807) is 12.1 Å². The molecule has 48 heavy (non-hydrogen) atoms. The molecular weight excluding hydrogens is 673 g/mol. The number of rotatable bonds is 17. The molecular formula is C30H42N3O13PS. The van der Waals surface area contributed by atoms with Gasteiger partial charge in [0.05, 0.1) is 31.3 Å². The van der Waals surface area contributed by atoms with Crippen LogP contribution in [0.3, 0.4) is 0 Å². The average molecular weight is 716 g/mol. The molecule has 266 valence electrons. The summed E-state index contributed by atoms with van der Waals surface area (Å²) in [7, 11) is -8.44. The zero-order valence-electron chi connectivity index (χ0n) is 26.8. The summed E-state index contributed by atoms with van der Waals surface area (Å²) in [6.07, 6.45) is -2.15. The average Bonchev–Trinajstić information content (AvgIpc) is 3.65. The van der Waals surface area contributed by atoms with Gasteiger partial charge in [-0.3, -0.25) is 14.1 Å². The second-order valence-electron chi connectivity index (χ2n) is 12.0. The first kappa shape index (κ1) is 37.7. The molecule has 2 aliphatic rings. The number of carbonyl (C=O) groups is 2. The number of pyridine rings is 1. The fraction of sp³-hybridized carbons (Fsp3) is 0.567. The highest BCUT2D eigenvalue weighted by molar-refractivity contribution is 7.89. The van der Waals surface area contributed by atoms with Gasteiger partial charge >= 0.3 is 19.7 Å². The number of sulfonamides is 1. The van der Waals surface area contributed by atoms with E-state index in [1.165, 1.54) is 36.7 Å². The largest absolute Gasteiger partial charge is 0.481 e. The van der Waals surface area contributed by atoms with Gasteiger partial charge in [0.2, 0.25) is 10.0 Å². The van der Waals surface area contributed by atoms with Gasteiger partial charge in [-0.2, -0.15) is 4.31 Å². The van der Waals surface area contributed by atoms with E-state index in [4.69, 9.17) is 24.1 Å². The summed E-state index contributed by atoms with van der Waals surface area (Å²) >= 11 is 0. The molecule has 2 aliphatic heterocycles. The number of hydrogen-bond donors (Lipinski definition) is 4. The summed E-state index contributed by atoms with van der Waals surface area (Å²) < 4.78 is 67.2. The summed E-state index contributed by atoms with van der Waals surface area (Å²) in [6, 6.07) is 8.03. The van der Waals surface area contributed by atoms with Crippen LogP contribution in [-0.2, 0) is 44.5 Å². The quantitative estimate of drug-likeness (QED) is 0.173. The molecule has 7 atom stereocenters. The number of carboxylic acid groups (broad SMARTS) is 1. The lowest BCUT2D eigenvalue weighted by Crippen LogP contribution is -2.51.